The maximum atomic E-state index is 0. The fraction of sp³-hybridized carbons (Fsp3) is 0. The molecule has 0 amide bonds. The summed E-state index contributed by atoms with van der Waals surface area (Å²) >= 11 is 0. The number of halogens is 6. The van der Waals surface area contributed by atoms with E-state index in [2.05, 4.69) is 0 Å². The van der Waals surface area contributed by atoms with Gasteiger partial charge in [-0.15, -0.1) is 0 Å². The van der Waals surface area contributed by atoms with Crippen molar-refractivity contribution >= 4 is 0 Å². The van der Waals surface area contributed by atoms with E-state index in [1.807, 2.05) is 0 Å². The van der Waals surface area contributed by atoms with Gasteiger partial charge < -0.3 is 74.4 Å². The molecule has 0 unspecified atom stereocenters. The van der Waals surface area contributed by atoms with Crippen molar-refractivity contribution in [1.82, 2.24) is 0 Å². The second kappa shape index (κ2) is 66.7. The average Bonchev–Trinajstić information content (AvgIpc) is 0. The molecule has 0 radical (unpaired) electrons. The van der Waals surface area contributed by atoms with Crippen molar-refractivity contribution in [1.29, 1.82) is 0 Å². The molecule has 9 heavy (non-hydrogen) atoms. The molecule has 60 valence electrons. The van der Waals surface area contributed by atoms with E-state index in [1.165, 1.54) is 0 Å². The van der Waals surface area contributed by atoms with Gasteiger partial charge in [-0.2, -0.15) is 0 Å². The third kappa shape index (κ3) is 56.7. The fourth-order valence-corrected chi connectivity index (χ4v) is 0. The summed E-state index contributed by atoms with van der Waals surface area (Å²) in [7, 11) is 0. The van der Waals surface area contributed by atoms with E-state index in [4.69, 9.17) is 0 Å². The molecular formula is Ce3Cl6-6. The van der Waals surface area contributed by atoms with Crippen LogP contribution in [0.15, 0.2) is 0 Å². The summed E-state index contributed by atoms with van der Waals surface area (Å²) in [5.74, 6) is 0. The largest absolute Gasteiger partial charge is 1.00 e. The van der Waals surface area contributed by atoms with E-state index in [0.29, 0.717) is 0 Å². The molecule has 0 aliphatic heterocycles. The van der Waals surface area contributed by atoms with E-state index < -0.39 is 0 Å². The van der Waals surface area contributed by atoms with Gasteiger partial charge in [-0.25, -0.2) is 0 Å². The first-order valence-corrected chi connectivity index (χ1v) is 0. The summed E-state index contributed by atoms with van der Waals surface area (Å²) in [4.78, 5) is 0. The van der Waals surface area contributed by atoms with Crippen LogP contribution in [0.25, 0.3) is 0 Å². The minimum Gasteiger partial charge on any atom is -1.00 e. The Hall–Kier alpha value is 5.87. The molecule has 0 nitrogen and oxygen atoms in total. The zero-order chi connectivity index (χ0) is 0. The number of hydrogen-bond acceptors (Lipinski definition) is 0. The van der Waals surface area contributed by atoms with Crippen LogP contribution in [0.3, 0.4) is 0 Å². The Morgan fingerprint density at radius 2 is 0.222 bits per heavy atom. The van der Waals surface area contributed by atoms with Gasteiger partial charge in [0.25, 0.3) is 0 Å². The van der Waals surface area contributed by atoms with Crippen LogP contribution in [-0.2, 0) is 0 Å². The molecule has 0 rings (SSSR count). The summed E-state index contributed by atoms with van der Waals surface area (Å²) in [6, 6.07) is 0. The third-order valence-electron chi connectivity index (χ3n) is 0. The van der Waals surface area contributed by atoms with Crippen LogP contribution in [0, 0.1) is 125 Å². The molecule has 0 saturated carbocycles. The van der Waals surface area contributed by atoms with Crippen molar-refractivity contribution in [3.05, 3.63) is 0 Å². The molecule has 0 aromatic carbocycles. The van der Waals surface area contributed by atoms with Crippen LogP contribution in [0.1, 0.15) is 0 Å². The molecule has 0 heterocycles. The molecule has 0 aliphatic carbocycles. The topological polar surface area (TPSA) is 0 Å². The predicted molar refractivity (Wildman–Crippen MR) is 0 cm³/mol. The average molecular weight is 633 g/mol. The summed E-state index contributed by atoms with van der Waals surface area (Å²) in [5, 5.41) is 0. The van der Waals surface area contributed by atoms with E-state index in [9.17, 15) is 0 Å². The molecule has 0 fully saturated rings. The molecule has 0 bridgehead atoms. The molecule has 0 N–H and O–H groups in total. The fourth-order valence-electron chi connectivity index (χ4n) is 0. The van der Waals surface area contributed by atoms with Gasteiger partial charge in [0, 0.05) is 125 Å². The van der Waals surface area contributed by atoms with Crippen molar-refractivity contribution in [2.45, 2.75) is 0 Å². The maximum absolute atomic E-state index is 0. The van der Waals surface area contributed by atoms with Gasteiger partial charge in [-0.1, -0.05) is 0 Å². The zero-order valence-corrected chi connectivity index (χ0v) is 17.7. The number of hydrogen-bond donors (Lipinski definition) is 0. The van der Waals surface area contributed by atoms with Gasteiger partial charge in [0.2, 0.25) is 0 Å². The van der Waals surface area contributed by atoms with Crippen LogP contribution in [0.2, 0.25) is 0 Å². The smallest absolute Gasteiger partial charge is 0 e. The monoisotopic (exact) mass is 630 g/mol. The van der Waals surface area contributed by atoms with Crippen molar-refractivity contribution in [2.24, 2.45) is 0 Å². The van der Waals surface area contributed by atoms with Gasteiger partial charge in [-0.05, 0) is 0 Å². The summed E-state index contributed by atoms with van der Waals surface area (Å²) in [6.07, 6.45) is 0. The standard InChI is InChI=1S/3Ce.6ClH/h;;;6*1H/p-6. The minimum absolute atomic E-state index is 0. The van der Waals surface area contributed by atoms with Gasteiger partial charge >= 0.3 is 0 Å². The molecule has 0 aliphatic rings. The normalized spacial score (nSPS) is 0. The molecular weight excluding hydrogens is 633 g/mol. The Morgan fingerprint density at radius 1 is 0.222 bits per heavy atom. The first kappa shape index (κ1) is 83.0. The second-order valence-electron chi connectivity index (χ2n) is 0. The predicted octanol–water partition coefficient (Wildman–Crippen LogP) is -18.0. The first-order chi connectivity index (χ1) is 0. The third-order valence-corrected chi connectivity index (χ3v) is 0. The zero-order valence-electron chi connectivity index (χ0n) is 3.77. The van der Waals surface area contributed by atoms with E-state index in [-0.39, 0.29) is 200 Å². The number of rotatable bonds is 0. The van der Waals surface area contributed by atoms with Crippen LogP contribution in [-0.4, -0.2) is 0 Å². The molecule has 0 saturated heterocycles. The minimum atomic E-state index is 0. The van der Waals surface area contributed by atoms with Crippen LogP contribution in [0.4, 0.5) is 0 Å². The molecule has 0 atom stereocenters. The van der Waals surface area contributed by atoms with Crippen LogP contribution >= 0.6 is 0 Å². The Bertz CT molecular complexity index is 8.26. The van der Waals surface area contributed by atoms with Crippen molar-refractivity contribution < 1.29 is 200 Å². The summed E-state index contributed by atoms with van der Waals surface area (Å²) in [5.41, 5.74) is 0. The molecule has 9 heteroatoms. The van der Waals surface area contributed by atoms with Gasteiger partial charge in [0.15, 0.2) is 0 Å². The Kier molecular flexibility index (Phi) is 615. The Labute approximate surface area is 194 Å². The van der Waals surface area contributed by atoms with Crippen LogP contribution in [0.5, 0.6) is 0 Å². The quantitative estimate of drug-likeness (QED) is 0.249. The van der Waals surface area contributed by atoms with Gasteiger partial charge in [-0.3, -0.25) is 0 Å². The SMILES string of the molecule is [Ce].[Ce].[Ce].[Cl-].[Cl-].[Cl-].[Cl-].[Cl-].[Cl-]. The Morgan fingerprint density at radius 3 is 0.222 bits per heavy atom. The van der Waals surface area contributed by atoms with Crippen LogP contribution < -0.4 is 74.4 Å². The van der Waals surface area contributed by atoms with E-state index >= 15 is 0 Å². The Balaban J connectivity index is 0. The van der Waals surface area contributed by atoms with E-state index in [1.54, 1.807) is 0 Å². The van der Waals surface area contributed by atoms with E-state index in [0.717, 1.165) is 0 Å². The molecule has 0 aromatic rings. The summed E-state index contributed by atoms with van der Waals surface area (Å²) < 4.78 is 0. The maximum Gasteiger partial charge on any atom is 0 e. The van der Waals surface area contributed by atoms with Gasteiger partial charge in [0.05, 0.1) is 0 Å². The van der Waals surface area contributed by atoms with Gasteiger partial charge in [0.1, 0.15) is 0 Å². The second-order valence-corrected chi connectivity index (χ2v) is 0. The molecule has 0 aromatic heterocycles. The molecule has 0 spiro atoms. The van der Waals surface area contributed by atoms with Crippen molar-refractivity contribution in [3.8, 4) is 0 Å². The van der Waals surface area contributed by atoms with Crippen molar-refractivity contribution in [3.63, 3.8) is 0 Å². The summed E-state index contributed by atoms with van der Waals surface area (Å²) in [6.45, 7) is 0. The van der Waals surface area contributed by atoms with Crippen molar-refractivity contribution in [2.75, 3.05) is 0 Å². The first-order valence-electron chi connectivity index (χ1n) is 0.